The molecule has 0 bridgehead atoms. The number of nitrogens with one attached hydrogen (secondary N) is 5. The number of phenols is 1. The summed E-state index contributed by atoms with van der Waals surface area (Å²) in [6, 6.07) is 21.5. The number of carbonyl (C=O) groups excluding carboxylic acids is 4. The van der Waals surface area contributed by atoms with Gasteiger partial charge in [-0.1, -0.05) is 95.3 Å². The highest BCUT2D eigenvalue weighted by Crippen LogP contribution is 2.38. The molecule has 4 amide bonds. The van der Waals surface area contributed by atoms with E-state index in [1.165, 1.54) is 34.5 Å². The first-order valence-corrected chi connectivity index (χ1v) is 20.9. The molecule has 5 unspecified atom stereocenters. The Labute approximate surface area is 375 Å². The molecule has 64 heavy (non-hydrogen) atoms. The molecule has 0 radical (unpaired) electrons. The summed E-state index contributed by atoms with van der Waals surface area (Å²) in [6.45, 7) is 8.76. The second-order valence-corrected chi connectivity index (χ2v) is 16.6. The van der Waals surface area contributed by atoms with E-state index in [0.717, 1.165) is 11.1 Å². The first-order valence-electron chi connectivity index (χ1n) is 20.9. The minimum Gasteiger partial charge on any atom is -0.507 e. The van der Waals surface area contributed by atoms with E-state index in [-0.39, 0.29) is 31.9 Å². The molecule has 0 saturated carbocycles. The van der Waals surface area contributed by atoms with Crippen molar-refractivity contribution < 1.29 is 53.1 Å². The molecule has 0 aliphatic carbocycles. The number of aliphatic hydroxyl groups excluding tert-OH is 1. The summed E-state index contributed by atoms with van der Waals surface area (Å²) in [4.78, 5) is 55.8. The van der Waals surface area contributed by atoms with E-state index in [2.05, 4.69) is 26.6 Å². The Bertz CT molecular complexity index is 2120. The van der Waals surface area contributed by atoms with Gasteiger partial charge in [-0.15, -0.1) is 0 Å². The van der Waals surface area contributed by atoms with Crippen molar-refractivity contribution in [2.24, 2.45) is 11.3 Å². The van der Waals surface area contributed by atoms with Crippen LogP contribution in [0.1, 0.15) is 56.9 Å². The third kappa shape index (κ3) is 14.3. The monoisotopic (exact) mass is 885 g/mol. The first kappa shape index (κ1) is 50.1. The average Bonchev–Trinajstić information content (AvgIpc) is 3.28. The summed E-state index contributed by atoms with van der Waals surface area (Å²) in [5.74, 6) is -0.912. The van der Waals surface area contributed by atoms with Crippen LogP contribution in [-0.2, 0) is 45.2 Å². The van der Waals surface area contributed by atoms with Crippen LogP contribution in [0.3, 0.4) is 0 Å². The fourth-order valence-electron chi connectivity index (χ4n) is 6.91. The summed E-state index contributed by atoms with van der Waals surface area (Å²) >= 11 is 0. The third-order valence-electron chi connectivity index (χ3n) is 10.5. The summed E-state index contributed by atoms with van der Waals surface area (Å²) in [5.41, 5.74) is 1.68. The van der Waals surface area contributed by atoms with Gasteiger partial charge in [0, 0.05) is 24.7 Å². The molecular formula is C48H63N5O11. The molecular weight excluding hydrogens is 823 g/mol. The van der Waals surface area contributed by atoms with Crippen LogP contribution in [0.25, 0.3) is 0 Å². The smallest absolute Gasteiger partial charge is 0.408 e. The van der Waals surface area contributed by atoms with E-state index in [1.54, 1.807) is 58.9 Å². The Morgan fingerprint density at radius 1 is 0.656 bits per heavy atom. The fraction of sp³-hybridized carbons (Fsp3) is 0.417. The molecule has 4 aromatic rings. The van der Waals surface area contributed by atoms with Crippen molar-refractivity contribution in [3.05, 3.63) is 113 Å². The van der Waals surface area contributed by atoms with Crippen LogP contribution in [0, 0.1) is 11.3 Å². The van der Waals surface area contributed by atoms with Crippen molar-refractivity contribution in [2.45, 2.75) is 91.0 Å². The van der Waals surface area contributed by atoms with Crippen LogP contribution in [0.5, 0.6) is 28.7 Å². The zero-order chi connectivity index (χ0) is 47.0. The quantitative estimate of drug-likeness (QED) is 0.0569. The number of methoxy groups -OCH3 is 4. The van der Waals surface area contributed by atoms with Gasteiger partial charge in [-0.25, -0.2) is 4.79 Å². The number of aliphatic hydroxyl groups is 1. The van der Waals surface area contributed by atoms with Gasteiger partial charge < -0.3 is 55.2 Å². The molecule has 0 aliphatic rings. The number of alkyl carbamates (subject to hydrolysis) is 1. The van der Waals surface area contributed by atoms with Gasteiger partial charge >= 0.3 is 6.09 Å². The SMILES string of the molecule is COc1ccc(CNC(=O)C(NC(=O)C(NCc2cc(OC)c(OC)c(OC)c2)C(O)C(Cc2ccccc2)NC(=O)C(NC(=O)OCc2ccccc2)C(C)(C)C)C(C)C)c(O)c1. The lowest BCUT2D eigenvalue weighted by atomic mass is 9.85. The van der Waals surface area contributed by atoms with Crippen molar-refractivity contribution in [1.29, 1.82) is 0 Å². The summed E-state index contributed by atoms with van der Waals surface area (Å²) in [6.07, 6.45) is -2.38. The second kappa shape index (κ2) is 23.8. The maximum Gasteiger partial charge on any atom is 0.408 e. The minimum atomic E-state index is -1.64. The van der Waals surface area contributed by atoms with Gasteiger partial charge in [-0.2, -0.15) is 0 Å². The van der Waals surface area contributed by atoms with Gasteiger partial charge in [-0.3, -0.25) is 19.7 Å². The van der Waals surface area contributed by atoms with Crippen LogP contribution in [0.2, 0.25) is 0 Å². The number of hydrogen-bond acceptors (Lipinski definition) is 12. The van der Waals surface area contributed by atoms with Gasteiger partial charge in [0.25, 0.3) is 0 Å². The van der Waals surface area contributed by atoms with Crippen LogP contribution in [0.4, 0.5) is 4.79 Å². The number of carbonyl (C=O) groups is 4. The zero-order valence-electron chi connectivity index (χ0n) is 38.0. The van der Waals surface area contributed by atoms with Gasteiger partial charge in [0.2, 0.25) is 23.5 Å². The Hall–Kier alpha value is -6.52. The number of benzene rings is 4. The van der Waals surface area contributed by atoms with Crippen LogP contribution in [-0.4, -0.2) is 92.7 Å². The number of rotatable bonds is 22. The predicted molar refractivity (Wildman–Crippen MR) is 241 cm³/mol. The van der Waals surface area contributed by atoms with E-state index < -0.39 is 65.4 Å². The molecule has 4 rings (SSSR count). The van der Waals surface area contributed by atoms with E-state index in [0.29, 0.717) is 34.1 Å². The zero-order valence-corrected chi connectivity index (χ0v) is 38.0. The van der Waals surface area contributed by atoms with Crippen LogP contribution >= 0.6 is 0 Å². The van der Waals surface area contributed by atoms with E-state index in [1.807, 2.05) is 60.7 Å². The highest BCUT2D eigenvalue weighted by atomic mass is 16.5. The lowest BCUT2D eigenvalue weighted by molar-refractivity contribution is -0.134. The molecule has 16 nitrogen and oxygen atoms in total. The van der Waals surface area contributed by atoms with Crippen LogP contribution < -0.4 is 45.5 Å². The fourth-order valence-corrected chi connectivity index (χ4v) is 6.91. The van der Waals surface area contributed by atoms with Gasteiger partial charge in [-0.05, 0) is 58.7 Å². The normalized spacial score (nSPS) is 13.6. The standard InChI is InChI=1S/C48H63N5O11/c1-29(2)39(44(56)50-27-33-20-21-34(60-6)25-36(33)54)52-45(57)40(49-26-32-23-37(61-7)42(63-9)38(24-32)62-8)41(55)35(22-30-16-12-10-13-17-30)51-46(58)43(48(3,4)5)53-47(59)64-28-31-18-14-11-15-19-31/h10-21,23-25,29,35,39-41,43,49,54-55H,22,26-28H2,1-9H3,(H,50,56)(H,51,58)(H,52,57)(H,53,59). The van der Waals surface area contributed by atoms with Crippen molar-refractivity contribution in [3.8, 4) is 28.7 Å². The van der Waals surface area contributed by atoms with E-state index in [4.69, 9.17) is 23.7 Å². The molecule has 0 heterocycles. The molecule has 0 aromatic heterocycles. The maximum absolute atomic E-state index is 14.6. The molecule has 7 N–H and O–H groups in total. The molecule has 0 spiro atoms. The van der Waals surface area contributed by atoms with Crippen LogP contribution in [0.15, 0.2) is 91.0 Å². The van der Waals surface area contributed by atoms with E-state index >= 15 is 0 Å². The number of phenolic OH excluding ortho intramolecular Hbond substituents is 1. The van der Waals surface area contributed by atoms with Gasteiger partial charge in [0.15, 0.2) is 11.5 Å². The van der Waals surface area contributed by atoms with Gasteiger partial charge in [0.05, 0.1) is 40.6 Å². The summed E-state index contributed by atoms with van der Waals surface area (Å²) in [5, 5.41) is 37.4. The Kier molecular flexibility index (Phi) is 18.6. The highest BCUT2D eigenvalue weighted by molar-refractivity contribution is 5.91. The number of aromatic hydroxyl groups is 1. The Balaban J connectivity index is 1.68. The Morgan fingerprint density at radius 2 is 1.27 bits per heavy atom. The van der Waals surface area contributed by atoms with Crippen molar-refractivity contribution >= 4 is 23.8 Å². The molecule has 0 fully saturated rings. The minimum absolute atomic E-state index is 0.0196. The first-order chi connectivity index (χ1) is 30.5. The number of hydrogen-bond donors (Lipinski definition) is 7. The predicted octanol–water partition coefficient (Wildman–Crippen LogP) is 4.77. The molecule has 0 aliphatic heterocycles. The number of ether oxygens (including phenoxy) is 5. The Morgan fingerprint density at radius 3 is 1.80 bits per heavy atom. The average molecular weight is 886 g/mol. The molecule has 5 atom stereocenters. The molecule has 16 heteroatoms. The molecule has 0 saturated heterocycles. The summed E-state index contributed by atoms with van der Waals surface area (Å²) in [7, 11) is 5.90. The summed E-state index contributed by atoms with van der Waals surface area (Å²) < 4.78 is 27.2. The van der Waals surface area contributed by atoms with Crippen molar-refractivity contribution in [2.75, 3.05) is 28.4 Å². The number of amides is 4. The molecule has 4 aromatic carbocycles. The lowest BCUT2D eigenvalue weighted by Gasteiger charge is -2.35. The molecule has 346 valence electrons. The third-order valence-corrected chi connectivity index (χ3v) is 10.5. The largest absolute Gasteiger partial charge is 0.507 e. The topological polar surface area (TPSA) is 215 Å². The lowest BCUT2D eigenvalue weighted by Crippen LogP contribution is -2.63. The van der Waals surface area contributed by atoms with E-state index in [9.17, 15) is 29.4 Å². The van der Waals surface area contributed by atoms with Crippen molar-refractivity contribution in [3.63, 3.8) is 0 Å². The van der Waals surface area contributed by atoms with Crippen molar-refractivity contribution in [1.82, 2.24) is 26.6 Å². The highest BCUT2D eigenvalue weighted by Gasteiger charge is 2.40. The second-order valence-electron chi connectivity index (χ2n) is 16.6. The van der Waals surface area contributed by atoms with Gasteiger partial charge in [0.1, 0.15) is 36.2 Å². The maximum atomic E-state index is 14.6.